The van der Waals surface area contributed by atoms with Gasteiger partial charge in [0.1, 0.15) is 13.1 Å². The number of amides is 1. The summed E-state index contributed by atoms with van der Waals surface area (Å²) in [5.74, 6) is -1.28. The fourth-order valence-corrected chi connectivity index (χ4v) is 4.78. The molecule has 1 spiro atoms. The van der Waals surface area contributed by atoms with Crippen LogP contribution in [0, 0.1) is 0 Å². The van der Waals surface area contributed by atoms with Crippen molar-refractivity contribution in [3.05, 3.63) is 29.8 Å². The van der Waals surface area contributed by atoms with Gasteiger partial charge in [0.15, 0.2) is 6.67 Å². The van der Waals surface area contributed by atoms with Crippen molar-refractivity contribution in [3.63, 3.8) is 0 Å². The van der Waals surface area contributed by atoms with Gasteiger partial charge < -0.3 is 19.1 Å². The molecule has 140 valence electrons. The predicted octanol–water partition coefficient (Wildman–Crippen LogP) is 0.807. The number of morpholine rings is 1. The van der Waals surface area contributed by atoms with E-state index in [9.17, 15) is 4.79 Å². The molecule has 4 aliphatic rings. The van der Waals surface area contributed by atoms with Crippen molar-refractivity contribution in [1.29, 1.82) is 0 Å². The summed E-state index contributed by atoms with van der Waals surface area (Å²) < 4.78 is 18.3. The summed E-state index contributed by atoms with van der Waals surface area (Å²) in [6.45, 7) is 3.99. The van der Waals surface area contributed by atoms with Gasteiger partial charge >= 0.3 is 0 Å². The molecule has 0 aromatic heterocycles. The summed E-state index contributed by atoms with van der Waals surface area (Å²) in [7, 11) is 0. The number of carbonyl (C=O) groups excluding carboxylic acids is 1. The normalized spacial score (nSPS) is 31.1. The summed E-state index contributed by atoms with van der Waals surface area (Å²) in [5.41, 5.74) is 1.82. The summed E-state index contributed by atoms with van der Waals surface area (Å²) in [4.78, 5) is 16.8. The molecule has 26 heavy (non-hydrogen) atoms. The first-order chi connectivity index (χ1) is 12.8. The Morgan fingerprint density at radius 1 is 1.04 bits per heavy atom. The largest absolute Gasteiger partial charge is 0.370 e. The number of fused-ring (bicyclic) bond motifs is 3. The third kappa shape index (κ3) is 2.59. The molecule has 1 amide bonds. The van der Waals surface area contributed by atoms with Gasteiger partial charge in [-0.15, -0.1) is 0 Å². The summed E-state index contributed by atoms with van der Waals surface area (Å²) in [5, 5.41) is 0. The van der Waals surface area contributed by atoms with Crippen molar-refractivity contribution in [1.82, 2.24) is 0 Å². The van der Waals surface area contributed by atoms with Gasteiger partial charge in [0, 0.05) is 5.56 Å². The third-order valence-electron chi connectivity index (χ3n) is 6.18. The smallest absolute Gasteiger partial charge is 0.296 e. The highest BCUT2D eigenvalue weighted by atomic mass is 16.8. The molecule has 6 nitrogen and oxygen atoms in total. The van der Waals surface area contributed by atoms with Gasteiger partial charge in [0.2, 0.25) is 0 Å². The van der Waals surface area contributed by atoms with E-state index in [1.54, 1.807) is 0 Å². The molecule has 1 aromatic carbocycles. The van der Waals surface area contributed by atoms with E-state index < -0.39 is 5.79 Å². The lowest BCUT2D eigenvalue weighted by Crippen LogP contribution is -3.15. The molecule has 1 N–H and O–H groups in total. The van der Waals surface area contributed by atoms with E-state index in [2.05, 4.69) is 0 Å². The molecule has 1 saturated carbocycles. The van der Waals surface area contributed by atoms with Crippen molar-refractivity contribution >= 4 is 11.6 Å². The Morgan fingerprint density at radius 3 is 2.46 bits per heavy atom. The van der Waals surface area contributed by atoms with Crippen LogP contribution in [0.2, 0.25) is 0 Å². The van der Waals surface area contributed by atoms with Crippen molar-refractivity contribution in [2.24, 2.45) is 0 Å². The Kier molecular flexibility index (Phi) is 4.24. The second-order valence-corrected chi connectivity index (χ2v) is 7.84. The maximum absolute atomic E-state index is 13.5. The first kappa shape index (κ1) is 16.7. The quantitative estimate of drug-likeness (QED) is 0.849. The van der Waals surface area contributed by atoms with Crippen LogP contribution in [-0.2, 0) is 24.8 Å². The standard InChI is InChI=1S/C20H26N2O4/c23-19-20(25-17-8-2-1-3-9-18(17)26-20)15-6-4-5-7-16(15)22(19)14-21-10-12-24-13-11-21/h4-7,17-18H,1-3,8-14H2/p+1/t17-,18-/m0/s1. The van der Waals surface area contributed by atoms with E-state index >= 15 is 0 Å². The van der Waals surface area contributed by atoms with Crippen molar-refractivity contribution in [3.8, 4) is 0 Å². The van der Waals surface area contributed by atoms with Gasteiger partial charge in [-0.1, -0.05) is 37.5 Å². The van der Waals surface area contributed by atoms with Gasteiger partial charge in [-0.3, -0.25) is 9.69 Å². The Labute approximate surface area is 154 Å². The Bertz CT molecular complexity index is 674. The molecule has 6 heteroatoms. The molecule has 2 atom stereocenters. The highest BCUT2D eigenvalue weighted by Gasteiger charge is 2.61. The Morgan fingerprint density at radius 2 is 1.73 bits per heavy atom. The molecule has 0 bridgehead atoms. The molecule has 3 heterocycles. The number of carbonyl (C=O) groups is 1. The predicted molar refractivity (Wildman–Crippen MR) is 94.8 cm³/mol. The van der Waals surface area contributed by atoms with Crippen LogP contribution in [0.1, 0.15) is 37.7 Å². The van der Waals surface area contributed by atoms with E-state index in [-0.39, 0.29) is 18.1 Å². The molecule has 0 unspecified atom stereocenters. The number of hydrogen-bond donors (Lipinski definition) is 1. The number of quaternary nitrogens is 1. The average Bonchev–Trinajstić information content (AvgIpc) is 3.05. The van der Waals surface area contributed by atoms with E-state index in [0.29, 0.717) is 6.67 Å². The first-order valence-corrected chi connectivity index (χ1v) is 9.96. The highest BCUT2D eigenvalue weighted by molar-refractivity contribution is 6.06. The molecule has 3 aliphatic heterocycles. The fourth-order valence-electron chi connectivity index (χ4n) is 4.78. The van der Waals surface area contributed by atoms with Gasteiger partial charge in [-0.05, 0) is 18.9 Å². The minimum Gasteiger partial charge on any atom is -0.370 e. The van der Waals surface area contributed by atoms with Crippen molar-refractivity contribution in [2.45, 2.75) is 50.1 Å². The van der Waals surface area contributed by atoms with E-state index in [4.69, 9.17) is 14.2 Å². The first-order valence-electron chi connectivity index (χ1n) is 9.96. The van der Waals surface area contributed by atoms with Crippen molar-refractivity contribution < 1.29 is 23.9 Å². The SMILES string of the molecule is O=C1N(C[NH+]2CCOCC2)c2ccccc2C12O[C@H]1CCCCC[C@@H]1O2. The maximum atomic E-state index is 13.5. The maximum Gasteiger partial charge on any atom is 0.296 e. The molecule has 1 aliphatic carbocycles. The lowest BCUT2D eigenvalue weighted by Gasteiger charge is -2.29. The second kappa shape index (κ2) is 6.60. The lowest BCUT2D eigenvalue weighted by atomic mass is 10.1. The van der Waals surface area contributed by atoms with Crippen LogP contribution >= 0.6 is 0 Å². The van der Waals surface area contributed by atoms with Gasteiger partial charge in [-0.25, -0.2) is 0 Å². The topological polar surface area (TPSA) is 52.4 Å². The number of rotatable bonds is 2. The van der Waals surface area contributed by atoms with Crippen LogP contribution in [0.3, 0.4) is 0 Å². The molecule has 2 saturated heterocycles. The third-order valence-corrected chi connectivity index (χ3v) is 6.18. The second-order valence-electron chi connectivity index (χ2n) is 7.84. The van der Waals surface area contributed by atoms with E-state index in [1.807, 2.05) is 29.2 Å². The zero-order valence-electron chi connectivity index (χ0n) is 15.1. The molecule has 1 aromatic rings. The number of benzene rings is 1. The van der Waals surface area contributed by atoms with Crippen LogP contribution in [0.25, 0.3) is 0 Å². The van der Waals surface area contributed by atoms with Crippen LogP contribution < -0.4 is 9.80 Å². The van der Waals surface area contributed by atoms with Gasteiger partial charge in [-0.2, -0.15) is 0 Å². The fraction of sp³-hybridized carbons (Fsp3) is 0.650. The lowest BCUT2D eigenvalue weighted by molar-refractivity contribution is -0.906. The number of nitrogens with zero attached hydrogens (tertiary/aromatic N) is 1. The number of hydrogen-bond acceptors (Lipinski definition) is 4. The minimum atomic E-state index is -1.23. The van der Waals surface area contributed by atoms with Gasteiger partial charge in [0.25, 0.3) is 11.7 Å². The van der Waals surface area contributed by atoms with Crippen molar-refractivity contribution in [2.75, 3.05) is 37.9 Å². The highest BCUT2D eigenvalue weighted by Crippen LogP contribution is 2.50. The van der Waals surface area contributed by atoms with Crippen LogP contribution in [0.5, 0.6) is 0 Å². The van der Waals surface area contributed by atoms with E-state index in [0.717, 1.165) is 63.2 Å². The Hall–Kier alpha value is -1.47. The zero-order chi connectivity index (χ0) is 17.6. The monoisotopic (exact) mass is 359 g/mol. The van der Waals surface area contributed by atoms with Crippen LogP contribution in [0.15, 0.2) is 24.3 Å². The van der Waals surface area contributed by atoms with Crippen LogP contribution in [-0.4, -0.2) is 51.1 Å². The molecule has 5 rings (SSSR count). The Balaban J connectivity index is 1.46. The average molecular weight is 359 g/mol. The summed E-state index contributed by atoms with van der Waals surface area (Å²) >= 11 is 0. The van der Waals surface area contributed by atoms with E-state index in [1.165, 1.54) is 11.3 Å². The molecule has 3 fully saturated rings. The minimum absolute atomic E-state index is 0.0326. The summed E-state index contributed by atoms with van der Waals surface area (Å²) in [6, 6.07) is 7.97. The number of anilines is 1. The number of ether oxygens (including phenoxy) is 3. The van der Waals surface area contributed by atoms with Gasteiger partial charge in [0.05, 0.1) is 31.1 Å². The molecule has 0 radical (unpaired) electrons. The zero-order valence-corrected chi connectivity index (χ0v) is 15.1. The molecular weight excluding hydrogens is 332 g/mol. The van der Waals surface area contributed by atoms with Crippen LogP contribution in [0.4, 0.5) is 5.69 Å². The number of nitrogens with one attached hydrogen (secondary N) is 1. The summed E-state index contributed by atoms with van der Waals surface area (Å²) in [6.07, 6.45) is 5.56. The molecular formula is C20H27N2O4+. The number of para-hydroxylation sites is 1.